The predicted molar refractivity (Wildman–Crippen MR) is 466 cm³/mol. The number of aldehydes is 1. The number of nitrogens with zero attached hydrogens (tertiary/aromatic N) is 15. The van der Waals surface area contributed by atoms with E-state index in [0.29, 0.717) is 38.8 Å². The van der Waals surface area contributed by atoms with E-state index in [1.807, 2.05) is 276 Å². The Bertz CT molecular complexity index is 6390. The first-order chi connectivity index (χ1) is 58.6. The zero-order valence-corrected chi connectivity index (χ0v) is 67.4. The van der Waals surface area contributed by atoms with Crippen LogP contribution >= 0.6 is 11.6 Å². The number of carbonyl (C=O) groups is 1. The van der Waals surface area contributed by atoms with Crippen molar-refractivity contribution < 1.29 is 53.2 Å². The molecule has 0 atom stereocenters. The molecule has 2 aliphatic rings. The zero-order chi connectivity index (χ0) is 84.0. The second kappa shape index (κ2) is 39.5. The minimum Gasteiger partial charge on any atom is -0.524 e. The van der Waals surface area contributed by atoms with Gasteiger partial charge in [-0.25, -0.2) is 39.5 Å². The summed E-state index contributed by atoms with van der Waals surface area (Å²) in [5.41, 5.74) is 19.7. The van der Waals surface area contributed by atoms with Crippen molar-refractivity contribution in [2.45, 2.75) is 20.8 Å². The summed E-state index contributed by atoms with van der Waals surface area (Å²) in [6, 6.07) is 74.1. The lowest BCUT2D eigenvalue weighted by Crippen LogP contribution is -2.21. The lowest BCUT2D eigenvalue weighted by molar-refractivity contribution is -0.465. The zero-order valence-electron chi connectivity index (χ0n) is 66.7. The van der Waals surface area contributed by atoms with Gasteiger partial charge in [0.2, 0.25) is 0 Å². The van der Waals surface area contributed by atoms with Crippen molar-refractivity contribution in [1.29, 1.82) is 0 Å². The Labute approximate surface area is 697 Å². The lowest BCUT2D eigenvalue weighted by atomic mass is 9.89. The minimum atomic E-state index is -0.326. The number of aromatic nitrogens is 15. The summed E-state index contributed by atoms with van der Waals surface area (Å²) in [4.78, 5) is 25.6. The largest absolute Gasteiger partial charge is 0.658 e. The van der Waals surface area contributed by atoms with Crippen LogP contribution in [0.25, 0.3) is 102 Å². The van der Waals surface area contributed by atoms with Crippen LogP contribution in [-0.4, -0.2) is 127 Å². The number of rotatable bonds is 14. The molecule has 2 aliphatic heterocycles. The molecule has 29 heteroatoms. The van der Waals surface area contributed by atoms with Gasteiger partial charge in [0.05, 0.1) is 54.4 Å². The molecule has 8 aromatic carbocycles. The van der Waals surface area contributed by atoms with Crippen LogP contribution in [-0.2, 0) is 26.2 Å². The van der Waals surface area contributed by atoms with Crippen molar-refractivity contribution in [3.8, 4) is 103 Å². The van der Waals surface area contributed by atoms with Gasteiger partial charge < -0.3 is 32.8 Å². The number of para-hydroxylation sites is 4. The van der Waals surface area contributed by atoms with Gasteiger partial charge in [0.15, 0.2) is 6.29 Å². The highest BCUT2D eigenvalue weighted by Gasteiger charge is 2.29. The number of halogens is 1. The van der Waals surface area contributed by atoms with E-state index in [1.165, 1.54) is 7.69 Å². The van der Waals surface area contributed by atoms with Crippen molar-refractivity contribution >= 4 is 84.0 Å². The number of hydrogen-bond acceptors (Lipinski definition) is 20. The first kappa shape index (κ1) is 82.8. The highest BCUT2D eigenvalue weighted by Crippen LogP contribution is 2.41. The molecule has 2 N–H and O–H groups in total. The Morgan fingerprint density at radius 3 is 1.21 bits per heavy atom. The number of carbonyl (C=O) groups excluding carboxylic acids is 1. The van der Waals surface area contributed by atoms with E-state index in [2.05, 4.69) is 76.8 Å². The summed E-state index contributed by atoms with van der Waals surface area (Å²) in [5.74, 6) is 9.71. The molecule has 0 amide bonds. The van der Waals surface area contributed by atoms with Gasteiger partial charge in [-0.05, 0) is 147 Å². The SMILES string of the molecule is C#Cc1ccccc1.C(=C\c1ccccc1)/B1Oc2ccccc2O1.COc1cc(-n2cccn2)ccc1-c1nn(C)c2c(/C=C/c3ccccc3)cc(C)nc12.COc1cc(-n2cccn2)ccc1-c1nn(C)c2c(C=O)cc(C)nc12.COc1cc(-n2cccn2)ccc1-c1nn(C)c2c(Cl)cc(C)nc12.OOO.[B]1Oc2ccccc2O1. The normalized spacial score (nSPS) is 11.3. The molecular formula is C91H79B2ClN15O11. The third kappa shape index (κ3) is 19.7. The van der Waals surface area contributed by atoms with Crippen molar-refractivity contribution in [3.05, 3.63) is 324 Å². The summed E-state index contributed by atoms with van der Waals surface area (Å²) in [6.45, 7) is 5.79. The molecular weight excluding hydrogens is 1540 g/mol. The molecule has 0 unspecified atom stereocenters. The molecule has 1 radical (unpaired) electrons. The summed E-state index contributed by atoms with van der Waals surface area (Å²) in [6.07, 6.45) is 23.0. The van der Waals surface area contributed by atoms with E-state index >= 15 is 0 Å². The fourth-order valence-corrected chi connectivity index (χ4v) is 13.5. The van der Waals surface area contributed by atoms with Crippen molar-refractivity contribution in [2.24, 2.45) is 21.1 Å². The van der Waals surface area contributed by atoms with Gasteiger partial charge >= 0.3 is 14.8 Å². The molecule has 120 heavy (non-hydrogen) atoms. The van der Waals surface area contributed by atoms with Crippen LogP contribution in [0.1, 0.15) is 49.7 Å². The number of terminal acetylenes is 1. The van der Waals surface area contributed by atoms with Crippen LogP contribution in [0.15, 0.2) is 274 Å². The number of methoxy groups -OCH3 is 3. The maximum absolute atomic E-state index is 11.5. The molecule has 17 aromatic rings. The van der Waals surface area contributed by atoms with Gasteiger partial charge in [-0.1, -0.05) is 144 Å². The van der Waals surface area contributed by atoms with Gasteiger partial charge in [0, 0.05) is 127 Å². The standard InChI is InChI=1S/C26H23N5O.C19H17N5O2.C18H16ClN5O.C14H11BO2.C8H6.C6H4BO2.H2O3/c1-18-16-20(11-10-19-8-5-4-6-9-19)26-25(28-18)24(29-30(26)2)22-13-12-21(17-23(22)32-3)31-15-7-14-27-31;1-12-9-13(11-25)19-18(21-12)17(22-23(19)2)15-6-5-14(10-16(15)26-3)24-8-4-7-20-24;1-11-9-14(19)18-17(21-11)16(22-23(18)2)13-6-5-12(10-15(13)25-3)24-8-4-7-20-24;1-2-6-12(7-3-1)10-11-15-16-13-8-4-5-9-14(13)17-15;1-2-8-6-4-3-5-7-8;1-2-4-6-5(3-1)8-7-9-6;1-3-2/h4-17H,1-3H3;4-11H,1-3H3;4-10H,1-3H3;1-11H;1,3-7H;1-4H;1-2H/b11-10+;;;11-10+;;;. The maximum atomic E-state index is 11.5. The van der Waals surface area contributed by atoms with Crippen molar-refractivity contribution in [2.75, 3.05) is 21.3 Å². The molecule has 0 bridgehead atoms. The maximum Gasteiger partial charge on any atom is 0.658 e. The Morgan fingerprint density at radius 1 is 0.450 bits per heavy atom. The van der Waals surface area contributed by atoms with Gasteiger partial charge in [0.25, 0.3) is 0 Å². The Kier molecular flexibility index (Phi) is 27.2. The smallest absolute Gasteiger partial charge is 0.524 e. The van der Waals surface area contributed by atoms with Crippen LogP contribution in [0.2, 0.25) is 5.02 Å². The molecule has 9 aromatic heterocycles. The number of hydrogen-bond donors (Lipinski definition) is 2. The summed E-state index contributed by atoms with van der Waals surface area (Å²) < 4.78 is 48.7. The summed E-state index contributed by atoms with van der Waals surface area (Å²) in [7, 11) is 11.5. The number of ether oxygens (including phenoxy) is 3. The van der Waals surface area contributed by atoms with Crippen LogP contribution in [0, 0.1) is 33.1 Å². The van der Waals surface area contributed by atoms with Crippen molar-refractivity contribution in [1.82, 2.24) is 73.6 Å². The predicted octanol–water partition coefficient (Wildman–Crippen LogP) is 17.9. The first-order valence-corrected chi connectivity index (χ1v) is 37.7. The highest BCUT2D eigenvalue weighted by atomic mass is 35.5. The Morgan fingerprint density at radius 2 is 0.817 bits per heavy atom. The van der Waals surface area contributed by atoms with E-state index in [-0.39, 0.29) is 7.12 Å². The van der Waals surface area contributed by atoms with Gasteiger partial charge in [-0.2, -0.15) is 30.6 Å². The summed E-state index contributed by atoms with van der Waals surface area (Å²) in [5, 5.41) is 43.0. The average molecular weight is 1620 g/mol. The van der Waals surface area contributed by atoms with Crippen molar-refractivity contribution in [3.63, 3.8) is 0 Å². The molecule has 0 aliphatic carbocycles. The fraction of sp³-hybridized carbons (Fsp3) is 0.0989. The lowest BCUT2D eigenvalue weighted by Gasteiger charge is -2.10. The van der Waals surface area contributed by atoms with E-state index in [0.717, 1.165) is 142 Å². The van der Waals surface area contributed by atoms with Gasteiger partial charge in [0.1, 0.15) is 79.4 Å². The molecule has 0 saturated carbocycles. The number of benzene rings is 8. The molecule has 19 rings (SSSR count). The number of aryl methyl sites for hydroxylation is 6. The van der Waals surface area contributed by atoms with Gasteiger partial charge in [-0.15, -0.1) is 6.42 Å². The molecule has 26 nitrogen and oxygen atoms in total. The summed E-state index contributed by atoms with van der Waals surface area (Å²) >= 11 is 6.39. The number of fused-ring (bicyclic) bond motifs is 5. The number of pyridine rings is 3. The first-order valence-electron chi connectivity index (χ1n) is 37.4. The minimum absolute atomic E-state index is 0.326. The van der Waals surface area contributed by atoms with E-state index in [9.17, 15) is 4.79 Å². The Balaban J connectivity index is 0.000000130. The van der Waals surface area contributed by atoms with E-state index in [4.69, 9.17) is 71.4 Å². The fourth-order valence-electron chi connectivity index (χ4n) is 13.1. The molecule has 0 spiro atoms. The van der Waals surface area contributed by atoms with Crippen LogP contribution in [0.5, 0.6) is 40.2 Å². The van der Waals surface area contributed by atoms with Gasteiger partial charge in [-0.3, -0.25) is 18.8 Å². The molecule has 0 fully saturated rings. The van der Waals surface area contributed by atoms with Crippen LogP contribution in [0.3, 0.4) is 0 Å². The second-order valence-electron chi connectivity index (χ2n) is 26.5. The molecule has 0 saturated heterocycles. The van der Waals surface area contributed by atoms with Crippen LogP contribution in [0.4, 0.5) is 0 Å². The monoisotopic (exact) mass is 1610 g/mol. The quantitative estimate of drug-likeness (QED) is 0.0336. The highest BCUT2D eigenvalue weighted by molar-refractivity contribution is 6.54. The van der Waals surface area contributed by atoms with E-state index < -0.39 is 0 Å². The molecule has 597 valence electrons. The third-order valence-electron chi connectivity index (χ3n) is 18.5. The molecule has 11 heterocycles. The topological polar surface area (TPSA) is 277 Å². The van der Waals surface area contributed by atoms with Crippen LogP contribution < -0.4 is 32.8 Å². The van der Waals surface area contributed by atoms with E-state index in [1.54, 1.807) is 76.4 Å². The Hall–Kier alpha value is -15.1. The second-order valence-corrected chi connectivity index (χ2v) is 26.9. The average Bonchev–Trinajstić information content (AvgIpc) is 1.63. The third-order valence-corrected chi connectivity index (χ3v) is 18.8.